The molecule has 0 aliphatic carbocycles. The summed E-state index contributed by atoms with van der Waals surface area (Å²) < 4.78 is 0. The van der Waals surface area contributed by atoms with E-state index in [1.165, 1.54) is 6.92 Å². The van der Waals surface area contributed by atoms with E-state index in [9.17, 15) is 9.59 Å². The Balaban J connectivity index is 1.96. The molecule has 5 nitrogen and oxygen atoms in total. The van der Waals surface area contributed by atoms with Gasteiger partial charge in [-0.05, 0) is 37.3 Å². The van der Waals surface area contributed by atoms with Gasteiger partial charge in [0.1, 0.15) is 0 Å². The van der Waals surface area contributed by atoms with Crippen molar-refractivity contribution in [3.05, 3.63) is 28.8 Å². The maximum Gasteiger partial charge on any atom is 0.321 e. The lowest BCUT2D eigenvalue weighted by atomic mass is 9.98. The molecule has 2 N–H and O–H groups in total. The first-order valence-electron chi connectivity index (χ1n) is 7.53. The molecule has 0 saturated carbocycles. The van der Waals surface area contributed by atoms with Gasteiger partial charge in [-0.2, -0.15) is 0 Å². The Bertz CT molecular complexity index is 542. The first kappa shape index (κ1) is 16.6. The molecule has 0 unspecified atom stereocenters. The molecule has 1 aliphatic rings. The van der Waals surface area contributed by atoms with Crippen molar-refractivity contribution in [2.45, 2.75) is 26.7 Å². The van der Waals surface area contributed by atoms with Crippen LogP contribution in [0.1, 0.15) is 25.3 Å². The molecule has 2 rings (SSSR count). The molecule has 1 aromatic carbocycles. The summed E-state index contributed by atoms with van der Waals surface area (Å²) in [7, 11) is 0. The quantitative estimate of drug-likeness (QED) is 0.898. The van der Waals surface area contributed by atoms with Gasteiger partial charge < -0.3 is 15.5 Å². The highest BCUT2D eigenvalue weighted by Gasteiger charge is 2.24. The molecule has 0 aromatic heterocycles. The number of hydrogen-bond acceptors (Lipinski definition) is 2. The number of likely N-dealkylation sites (tertiary alicyclic amines) is 1. The lowest BCUT2D eigenvalue weighted by Crippen LogP contribution is -2.45. The van der Waals surface area contributed by atoms with Crippen molar-refractivity contribution in [1.29, 1.82) is 0 Å². The smallest absolute Gasteiger partial charge is 0.321 e. The minimum Gasteiger partial charge on any atom is -0.356 e. The van der Waals surface area contributed by atoms with Gasteiger partial charge in [0, 0.05) is 26.6 Å². The van der Waals surface area contributed by atoms with E-state index in [0.29, 0.717) is 29.7 Å². The van der Waals surface area contributed by atoms with Crippen LogP contribution in [0.4, 0.5) is 10.5 Å². The zero-order valence-corrected chi connectivity index (χ0v) is 13.7. The molecular formula is C16H22ClN3O2. The van der Waals surface area contributed by atoms with Crippen LogP contribution in [-0.2, 0) is 4.79 Å². The highest BCUT2D eigenvalue weighted by Crippen LogP contribution is 2.26. The molecule has 1 saturated heterocycles. The minimum absolute atomic E-state index is 0.0340. The van der Waals surface area contributed by atoms with Gasteiger partial charge in [-0.25, -0.2) is 4.79 Å². The average molecular weight is 324 g/mol. The zero-order chi connectivity index (χ0) is 16.1. The Hall–Kier alpha value is -1.75. The van der Waals surface area contributed by atoms with Crippen molar-refractivity contribution in [1.82, 2.24) is 10.2 Å². The van der Waals surface area contributed by atoms with Crippen molar-refractivity contribution >= 4 is 29.2 Å². The molecule has 1 fully saturated rings. The number of para-hydroxylation sites is 1. The second-order valence-corrected chi connectivity index (χ2v) is 6.16. The SMILES string of the molecule is CC(=O)NC[C@H]1CCCN(C(=O)Nc2c(C)cccc2Cl)C1. The molecule has 3 amide bonds. The standard InChI is InChI=1S/C16H22ClN3O2/c1-11-5-3-7-14(17)15(11)19-16(22)20-8-4-6-13(10-20)9-18-12(2)21/h3,5,7,13H,4,6,8-10H2,1-2H3,(H,18,21)(H,19,22)/t13-/m1/s1. The van der Waals surface area contributed by atoms with E-state index in [-0.39, 0.29) is 11.9 Å². The van der Waals surface area contributed by atoms with Gasteiger partial charge in [-0.1, -0.05) is 23.7 Å². The number of piperidine rings is 1. The number of amides is 3. The Kier molecular flexibility index (Phi) is 5.66. The number of rotatable bonds is 3. The summed E-state index contributed by atoms with van der Waals surface area (Å²) in [4.78, 5) is 25.2. The molecule has 6 heteroatoms. The monoisotopic (exact) mass is 323 g/mol. The predicted octanol–water partition coefficient (Wildman–Crippen LogP) is 3.03. The van der Waals surface area contributed by atoms with E-state index in [1.807, 2.05) is 19.1 Å². The van der Waals surface area contributed by atoms with E-state index >= 15 is 0 Å². The van der Waals surface area contributed by atoms with Crippen LogP contribution in [0.3, 0.4) is 0 Å². The Morgan fingerprint density at radius 2 is 2.18 bits per heavy atom. The number of carbonyl (C=O) groups is 2. The van der Waals surface area contributed by atoms with Crippen LogP contribution in [0.25, 0.3) is 0 Å². The highest BCUT2D eigenvalue weighted by molar-refractivity contribution is 6.33. The molecule has 0 radical (unpaired) electrons. The van der Waals surface area contributed by atoms with Crippen molar-refractivity contribution < 1.29 is 9.59 Å². The number of anilines is 1. The lowest BCUT2D eigenvalue weighted by Gasteiger charge is -2.33. The van der Waals surface area contributed by atoms with Crippen LogP contribution >= 0.6 is 11.6 Å². The summed E-state index contributed by atoms with van der Waals surface area (Å²) in [5.41, 5.74) is 1.60. The van der Waals surface area contributed by atoms with Crippen LogP contribution in [0, 0.1) is 12.8 Å². The normalized spacial score (nSPS) is 18.0. The third-order valence-corrected chi connectivity index (χ3v) is 4.21. The fraction of sp³-hybridized carbons (Fsp3) is 0.500. The van der Waals surface area contributed by atoms with Gasteiger partial charge in [0.2, 0.25) is 5.91 Å². The third-order valence-electron chi connectivity index (χ3n) is 3.90. The van der Waals surface area contributed by atoms with Crippen LogP contribution in [0.5, 0.6) is 0 Å². The van der Waals surface area contributed by atoms with Crippen LogP contribution < -0.4 is 10.6 Å². The number of aryl methyl sites for hydroxylation is 1. The molecule has 1 aromatic rings. The van der Waals surface area contributed by atoms with Gasteiger partial charge in [-0.15, -0.1) is 0 Å². The van der Waals surface area contributed by atoms with Crippen LogP contribution in [0.15, 0.2) is 18.2 Å². The van der Waals surface area contributed by atoms with Crippen LogP contribution in [-0.4, -0.2) is 36.5 Å². The maximum atomic E-state index is 12.4. The van der Waals surface area contributed by atoms with E-state index in [4.69, 9.17) is 11.6 Å². The third kappa shape index (κ3) is 4.37. The Morgan fingerprint density at radius 1 is 1.41 bits per heavy atom. The number of urea groups is 1. The maximum absolute atomic E-state index is 12.4. The zero-order valence-electron chi connectivity index (χ0n) is 13.0. The summed E-state index contributed by atoms with van der Waals surface area (Å²) in [6.45, 7) is 5.41. The van der Waals surface area contributed by atoms with E-state index in [1.54, 1.807) is 11.0 Å². The van der Waals surface area contributed by atoms with Crippen LogP contribution in [0.2, 0.25) is 5.02 Å². The highest BCUT2D eigenvalue weighted by atomic mass is 35.5. The number of hydrogen-bond donors (Lipinski definition) is 2. The molecule has 22 heavy (non-hydrogen) atoms. The number of nitrogens with zero attached hydrogens (tertiary/aromatic N) is 1. The number of benzene rings is 1. The summed E-state index contributed by atoms with van der Waals surface area (Å²) in [5, 5.41) is 6.27. The van der Waals surface area contributed by atoms with Gasteiger partial charge in [0.25, 0.3) is 0 Å². The molecule has 0 spiro atoms. The van der Waals surface area contributed by atoms with Crippen molar-refractivity contribution in [2.75, 3.05) is 25.0 Å². The first-order valence-corrected chi connectivity index (χ1v) is 7.90. The summed E-state index contributed by atoms with van der Waals surface area (Å²) >= 11 is 6.15. The van der Waals surface area contributed by atoms with E-state index in [2.05, 4.69) is 10.6 Å². The molecule has 0 bridgehead atoms. The molecule has 1 atom stereocenters. The van der Waals surface area contributed by atoms with E-state index in [0.717, 1.165) is 24.9 Å². The van der Waals surface area contributed by atoms with Gasteiger partial charge in [-0.3, -0.25) is 4.79 Å². The number of carbonyl (C=O) groups excluding carboxylic acids is 2. The second-order valence-electron chi connectivity index (χ2n) is 5.75. The minimum atomic E-state index is -0.135. The van der Waals surface area contributed by atoms with Crippen molar-refractivity contribution in [2.24, 2.45) is 5.92 Å². The molecule has 1 heterocycles. The average Bonchev–Trinajstić information content (AvgIpc) is 2.49. The number of halogens is 1. The predicted molar refractivity (Wildman–Crippen MR) is 88.2 cm³/mol. The van der Waals surface area contributed by atoms with Gasteiger partial charge >= 0.3 is 6.03 Å². The Labute approximate surface area is 136 Å². The molecule has 120 valence electrons. The lowest BCUT2D eigenvalue weighted by molar-refractivity contribution is -0.119. The van der Waals surface area contributed by atoms with Crippen molar-refractivity contribution in [3.8, 4) is 0 Å². The van der Waals surface area contributed by atoms with Crippen molar-refractivity contribution in [3.63, 3.8) is 0 Å². The van der Waals surface area contributed by atoms with E-state index < -0.39 is 0 Å². The first-order chi connectivity index (χ1) is 10.5. The van der Waals surface area contributed by atoms with Gasteiger partial charge in [0.05, 0.1) is 10.7 Å². The molecular weight excluding hydrogens is 302 g/mol. The topological polar surface area (TPSA) is 61.4 Å². The molecule has 1 aliphatic heterocycles. The fourth-order valence-electron chi connectivity index (χ4n) is 2.68. The Morgan fingerprint density at radius 3 is 2.86 bits per heavy atom. The fourth-order valence-corrected chi connectivity index (χ4v) is 2.95. The summed E-state index contributed by atoms with van der Waals surface area (Å²) in [6, 6.07) is 5.40. The largest absolute Gasteiger partial charge is 0.356 e. The second kappa shape index (κ2) is 7.49. The van der Waals surface area contributed by atoms with Gasteiger partial charge in [0.15, 0.2) is 0 Å². The summed E-state index contributed by atoms with van der Waals surface area (Å²) in [6.07, 6.45) is 1.97. The number of nitrogens with one attached hydrogen (secondary N) is 2. The summed E-state index contributed by atoms with van der Waals surface area (Å²) in [5.74, 6) is 0.268.